The number of benzene rings is 2. The van der Waals surface area contributed by atoms with Crippen LogP contribution in [-0.2, 0) is 21.8 Å². The number of carbonyl (C=O) groups excluding carboxylic acids is 1. The highest BCUT2D eigenvalue weighted by molar-refractivity contribution is 7.74. The molecule has 1 atom stereocenters. The molecular formula is C22H16F3N4O4S-. The second-order valence-corrected chi connectivity index (χ2v) is 7.75. The fourth-order valence-electron chi connectivity index (χ4n) is 3.66. The van der Waals surface area contributed by atoms with Crippen LogP contribution in [0.1, 0.15) is 16.2 Å². The maximum atomic E-state index is 13.5. The molecule has 0 aliphatic heterocycles. The van der Waals surface area contributed by atoms with Gasteiger partial charge in [-0.15, -0.1) is 0 Å². The number of hydrogen-bond acceptors (Lipinski definition) is 6. The largest absolute Gasteiger partial charge is 0.748 e. The molecule has 0 spiro atoms. The van der Waals surface area contributed by atoms with Crippen LogP contribution in [0.4, 0.5) is 18.9 Å². The Morgan fingerprint density at radius 1 is 1.15 bits per heavy atom. The number of hydroxylamine groups is 1. The predicted octanol–water partition coefficient (Wildman–Crippen LogP) is 3.97. The van der Waals surface area contributed by atoms with E-state index in [2.05, 4.69) is 9.27 Å². The van der Waals surface area contributed by atoms with Crippen molar-refractivity contribution in [2.24, 2.45) is 5.73 Å². The summed E-state index contributed by atoms with van der Waals surface area (Å²) >= 11 is -2.81. The van der Waals surface area contributed by atoms with E-state index < -0.39 is 29.1 Å². The number of nitrogens with two attached hydrogens (primary N) is 1. The first kappa shape index (κ1) is 23.4. The van der Waals surface area contributed by atoms with Gasteiger partial charge in [-0.1, -0.05) is 24.3 Å². The van der Waals surface area contributed by atoms with Crippen LogP contribution in [0.5, 0.6) is 0 Å². The number of carbonyl (C=O) groups is 1. The molecule has 4 rings (SSSR count). The van der Waals surface area contributed by atoms with E-state index >= 15 is 0 Å². The van der Waals surface area contributed by atoms with Gasteiger partial charge in [0.1, 0.15) is 17.1 Å². The van der Waals surface area contributed by atoms with E-state index in [1.165, 1.54) is 41.9 Å². The molecule has 34 heavy (non-hydrogen) atoms. The average molecular weight is 489 g/mol. The van der Waals surface area contributed by atoms with Gasteiger partial charge in [0, 0.05) is 29.9 Å². The minimum atomic E-state index is -4.66. The van der Waals surface area contributed by atoms with Crippen LogP contribution in [0.2, 0.25) is 0 Å². The normalized spacial score (nSPS) is 12.6. The monoisotopic (exact) mass is 489 g/mol. The van der Waals surface area contributed by atoms with E-state index in [4.69, 9.17) is 5.73 Å². The molecule has 2 heterocycles. The molecule has 2 N–H and O–H groups in total. The number of pyridine rings is 1. The first-order valence-corrected chi connectivity index (χ1v) is 10.7. The van der Waals surface area contributed by atoms with Crippen molar-refractivity contribution in [1.29, 1.82) is 0 Å². The van der Waals surface area contributed by atoms with Crippen molar-refractivity contribution in [3.63, 3.8) is 0 Å². The number of halogens is 3. The second kappa shape index (κ2) is 8.89. The highest BCUT2D eigenvalue weighted by atomic mass is 32.2. The molecule has 0 aliphatic rings. The second-order valence-electron chi connectivity index (χ2n) is 7.20. The fourth-order valence-corrected chi connectivity index (χ4v) is 3.92. The summed E-state index contributed by atoms with van der Waals surface area (Å²) in [6, 6.07) is 15.2. The highest BCUT2D eigenvalue weighted by Gasteiger charge is 2.35. The lowest BCUT2D eigenvalue weighted by Crippen LogP contribution is -2.19. The molecule has 0 saturated carbocycles. The van der Waals surface area contributed by atoms with E-state index in [-0.39, 0.29) is 16.8 Å². The minimum absolute atomic E-state index is 0.0857. The summed E-state index contributed by atoms with van der Waals surface area (Å²) in [5.74, 6) is -0.759. The summed E-state index contributed by atoms with van der Waals surface area (Å²) < 4.78 is 68.4. The third-order valence-electron chi connectivity index (χ3n) is 5.07. The number of alkyl halides is 3. The molecule has 2 aromatic carbocycles. The number of primary amides is 1. The highest BCUT2D eigenvalue weighted by Crippen LogP contribution is 2.36. The lowest BCUT2D eigenvalue weighted by molar-refractivity contribution is -0.140. The summed E-state index contributed by atoms with van der Waals surface area (Å²) in [7, 11) is 1.38. The predicted molar refractivity (Wildman–Crippen MR) is 118 cm³/mol. The van der Waals surface area contributed by atoms with Gasteiger partial charge in [-0.05, 0) is 42.0 Å². The van der Waals surface area contributed by atoms with Gasteiger partial charge in [0.2, 0.25) is 0 Å². The van der Waals surface area contributed by atoms with Crippen molar-refractivity contribution in [1.82, 2.24) is 9.55 Å². The number of nitrogens with zero attached hydrogens (tertiary/aromatic N) is 3. The summed E-state index contributed by atoms with van der Waals surface area (Å²) in [5, 5.41) is 1.60. The smallest absolute Gasteiger partial charge is 0.433 e. The van der Waals surface area contributed by atoms with Gasteiger partial charge in [0.25, 0.3) is 5.91 Å². The first-order chi connectivity index (χ1) is 16.1. The van der Waals surface area contributed by atoms with E-state index in [0.717, 1.165) is 11.3 Å². The van der Waals surface area contributed by atoms with Gasteiger partial charge in [-0.2, -0.15) is 17.5 Å². The fraction of sp³-hybridized carbons (Fsp3) is 0.0909. The molecular weight excluding hydrogens is 473 g/mol. The maximum Gasteiger partial charge on any atom is 0.433 e. The van der Waals surface area contributed by atoms with E-state index in [0.29, 0.717) is 22.3 Å². The van der Waals surface area contributed by atoms with Crippen LogP contribution in [0.15, 0.2) is 66.9 Å². The van der Waals surface area contributed by atoms with E-state index in [9.17, 15) is 26.7 Å². The van der Waals surface area contributed by atoms with Crippen LogP contribution in [-0.4, -0.2) is 31.3 Å². The molecule has 0 aliphatic carbocycles. The van der Waals surface area contributed by atoms with Gasteiger partial charge < -0.3 is 14.9 Å². The number of rotatable bonds is 6. The molecule has 176 valence electrons. The molecule has 1 amide bonds. The third-order valence-corrected chi connectivity index (χ3v) is 5.41. The van der Waals surface area contributed by atoms with Gasteiger partial charge in [0.05, 0.1) is 11.2 Å². The lowest BCUT2D eigenvalue weighted by atomic mass is 10.0. The number of hydrogen-bond donors (Lipinski definition) is 1. The van der Waals surface area contributed by atoms with Crippen molar-refractivity contribution in [3.8, 4) is 16.8 Å². The topological polar surface area (TPSA) is 114 Å². The molecule has 12 heteroatoms. The minimum Gasteiger partial charge on any atom is -0.748 e. The Morgan fingerprint density at radius 3 is 2.59 bits per heavy atom. The quantitative estimate of drug-likeness (QED) is 0.324. The molecule has 0 fully saturated rings. The molecule has 0 saturated heterocycles. The Labute approximate surface area is 193 Å². The average Bonchev–Trinajstić information content (AvgIpc) is 3.17. The van der Waals surface area contributed by atoms with Crippen LogP contribution >= 0.6 is 0 Å². The first-order valence-electron chi connectivity index (χ1n) is 9.66. The zero-order chi connectivity index (χ0) is 24.6. The van der Waals surface area contributed by atoms with Crippen molar-refractivity contribution < 1.29 is 31.0 Å². The molecule has 8 nitrogen and oxygen atoms in total. The van der Waals surface area contributed by atoms with Crippen molar-refractivity contribution in [2.75, 3.05) is 12.1 Å². The molecule has 0 radical (unpaired) electrons. The third kappa shape index (κ3) is 4.51. The van der Waals surface area contributed by atoms with Gasteiger partial charge in [-0.25, -0.2) is 9.27 Å². The Morgan fingerprint density at radius 2 is 1.91 bits per heavy atom. The van der Waals surface area contributed by atoms with Gasteiger partial charge >= 0.3 is 6.18 Å². The number of aromatic nitrogens is 2. The summed E-state index contributed by atoms with van der Waals surface area (Å²) in [6.45, 7) is 0. The Kier molecular flexibility index (Phi) is 6.13. The van der Waals surface area contributed by atoms with Crippen LogP contribution in [0.3, 0.4) is 0 Å². The number of anilines is 1. The zero-order valence-corrected chi connectivity index (χ0v) is 18.3. The molecule has 1 unspecified atom stereocenters. The Hall–Kier alpha value is -3.74. The lowest BCUT2D eigenvalue weighted by Gasteiger charge is -2.19. The van der Waals surface area contributed by atoms with Crippen LogP contribution < -0.4 is 10.8 Å². The molecule has 2 aromatic heterocycles. The van der Waals surface area contributed by atoms with Crippen LogP contribution in [0, 0.1) is 0 Å². The van der Waals surface area contributed by atoms with Gasteiger partial charge in [0.15, 0.2) is 5.69 Å². The summed E-state index contributed by atoms with van der Waals surface area (Å²) in [6.07, 6.45) is -3.60. The maximum absolute atomic E-state index is 13.5. The Balaban J connectivity index is 1.91. The SMILES string of the molecule is CN(OS(=O)[O-])c1ccc2cc(C(N)=O)n(-c3cccc(-c4cccnc4C(F)(F)F)c3)c2c1. The van der Waals surface area contributed by atoms with Crippen molar-refractivity contribution >= 4 is 33.9 Å². The van der Waals surface area contributed by atoms with Crippen molar-refractivity contribution in [2.45, 2.75) is 6.18 Å². The summed E-state index contributed by atoms with van der Waals surface area (Å²) in [5.41, 5.74) is 5.90. The zero-order valence-electron chi connectivity index (χ0n) is 17.4. The molecule has 4 aromatic rings. The molecule has 0 bridgehead atoms. The van der Waals surface area contributed by atoms with E-state index in [1.807, 2.05) is 0 Å². The van der Waals surface area contributed by atoms with Crippen LogP contribution in [0.25, 0.3) is 27.7 Å². The van der Waals surface area contributed by atoms with Gasteiger partial charge in [-0.3, -0.25) is 9.78 Å². The number of amides is 1. The van der Waals surface area contributed by atoms with Crippen molar-refractivity contribution in [3.05, 3.63) is 78.2 Å². The van der Waals surface area contributed by atoms with E-state index in [1.54, 1.807) is 30.3 Å². The Bertz CT molecular complexity index is 1420. The summed E-state index contributed by atoms with van der Waals surface area (Å²) in [4.78, 5) is 15.7. The number of fused-ring (bicyclic) bond motifs is 1. The standard InChI is InChI=1S/C22H17F3N4O4S/c1-28(33-34(31)32)15-8-7-14-11-19(21(26)30)29(18(14)12-15)16-5-2-4-13(10-16)17-6-3-9-27-20(17)22(23,24)25/h2-12H,1H3,(H2,26,30)(H,31,32)/p-1.